The van der Waals surface area contributed by atoms with Gasteiger partial charge in [0, 0.05) is 25.3 Å². The van der Waals surface area contributed by atoms with Gasteiger partial charge >= 0.3 is 0 Å². The van der Waals surface area contributed by atoms with E-state index in [4.69, 9.17) is 0 Å². The molecule has 0 aliphatic carbocycles. The molecule has 0 aromatic heterocycles. The van der Waals surface area contributed by atoms with Crippen LogP contribution in [0, 0.1) is 0 Å². The molecular weight excluding hydrogens is 300 g/mol. The van der Waals surface area contributed by atoms with Crippen molar-refractivity contribution in [3.63, 3.8) is 0 Å². The van der Waals surface area contributed by atoms with E-state index in [0.717, 1.165) is 18.7 Å². The highest BCUT2D eigenvalue weighted by atomic mass is 32.2. The second-order valence-corrected chi connectivity index (χ2v) is 8.48. The lowest BCUT2D eigenvalue weighted by Gasteiger charge is -2.32. The summed E-state index contributed by atoms with van der Waals surface area (Å²) in [4.78, 5) is 16.5. The molecule has 2 aliphatic rings. The van der Waals surface area contributed by atoms with Crippen molar-refractivity contribution in [3.8, 4) is 0 Å². The largest absolute Gasteiger partial charge is 0.359 e. The van der Waals surface area contributed by atoms with Crippen LogP contribution in [-0.4, -0.2) is 56.4 Å². The summed E-state index contributed by atoms with van der Waals surface area (Å²) < 4.78 is 23.2. The standard InChI is InChI=1S/C16H22N2O3S/c1-12(18-9-7-13-5-3-4-6-15(13)18)16(19)17(2)14-8-10-22(20,21)11-14/h3-6,12,14H,7-11H2,1-2H3/t12-,14+/m1/s1. The normalized spacial score (nSPS) is 24.1. The van der Waals surface area contributed by atoms with Crippen LogP contribution in [-0.2, 0) is 21.1 Å². The molecule has 1 aromatic rings. The second kappa shape index (κ2) is 5.57. The first-order chi connectivity index (χ1) is 10.4. The van der Waals surface area contributed by atoms with E-state index >= 15 is 0 Å². The van der Waals surface area contributed by atoms with Gasteiger partial charge in [-0.25, -0.2) is 8.42 Å². The summed E-state index contributed by atoms with van der Waals surface area (Å²) >= 11 is 0. The first-order valence-corrected chi connectivity index (χ1v) is 9.53. The Kier molecular flexibility index (Phi) is 3.89. The van der Waals surface area contributed by atoms with E-state index in [-0.39, 0.29) is 29.5 Å². The number of carbonyl (C=O) groups excluding carboxylic acids is 1. The number of likely N-dealkylation sites (N-methyl/N-ethyl adjacent to an activating group) is 1. The fourth-order valence-corrected chi connectivity index (χ4v) is 5.23. The van der Waals surface area contributed by atoms with E-state index in [1.165, 1.54) is 5.56 Å². The topological polar surface area (TPSA) is 57.7 Å². The molecule has 0 bridgehead atoms. The van der Waals surface area contributed by atoms with Crippen LogP contribution in [0.2, 0.25) is 0 Å². The molecule has 1 saturated heterocycles. The SMILES string of the molecule is C[C@H](C(=O)N(C)[C@H]1CCS(=O)(=O)C1)N1CCc2ccccc21. The predicted molar refractivity (Wildman–Crippen MR) is 86.8 cm³/mol. The van der Waals surface area contributed by atoms with Crippen LogP contribution in [0.4, 0.5) is 5.69 Å². The number of nitrogens with zero attached hydrogens (tertiary/aromatic N) is 2. The molecule has 1 fully saturated rings. The van der Waals surface area contributed by atoms with Gasteiger partial charge in [-0.05, 0) is 31.4 Å². The fourth-order valence-electron chi connectivity index (χ4n) is 3.45. The molecular formula is C16H22N2O3S. The van der Waals surface area contributed by atoms with Crippen molar-refractivity contribution in [2.75, 3.05) is 30.0 Å². The first kappa shape index (κ1) is 15.3. The summed E-state index contributed by atoms with van der Waals surface area (Å²) in [5.74, 6) is 0.285. The number of hydrogen-bond acceptors (Lipinski definition) is 4. The van der Waals surface area contributed by atoms with Crippen molar-refractivity contribution >= 4 is 21.4 Å². The first-order valence-electron chi connectivity index (χ1n) is 7.71. The molecule has 120 valence electrons. The Morgan fingerprint density at radius 1 is 1.36 bits per heavy atom. The highest BCUT2D eigenvalue weighted by Crippen LogP contribution is 2.30. The lowest BCUT2D eigenvalue weighted by molar-refractivity contribution is -0.132. The summed E-state index contributed by atoms with van der Waals surface area (Å²) in [6.07, 6.45) is 1.50. The van der Waals surface area contributed by atoms with E-state index in [0.29, 0.717) is 6.42 Å². The van der Waals surface area contributed by atoms with Crippen LogP contribution in [0.1, 0.15) is 18.9 Å². The molecule has 6 heteroatoms. The molecule has 0 saturated carbocycles. The monoisotopic (exact) mass is 322 g/mol. The number of sulfone groups is 1. The maximum absolute atomic E-state index is 12.7. The van der Waals surface area contributed by atoms with Crippen molar-refractivity contribution in [1.82, 2.24) is 4.90 Å². The van der Waals surface area contributed by atoms with Gasteiger partial charge in [-0.2, -0.15) is 0 Å². The van der Waals surface area contributed by atoms with Crippen LogP contribution in [0.15, 0.2) is 24.3 Å². The molecule has 0 radical (unpaired) electrons. The smallest absolute Gasteiger partial charge is 0.245 e. The Hall–Kier alpha value is -1.56. The highest BCUT2D eigenvalue weighted by molar-refractivity contribution is 7.91. The van der Waals surface area contributed by atoms with E-state index in [9.17, 15) is 13.2 Å². The minimum atomic E-state index is -2.97. The van der Waals surface area contributed by atoms with E-state index < -0.39 is 9.84 Å². The molecule has 2 aliphatic heterocycles. The molecule has 1 aromatic carbocycles. The third-order valence-electron chi connectivity index (χ3n) is 4.85. The van der Waals surface area contributed by atoms with Crippen molar-refractivity contribution in [2.24, 2.45) is 0 Å². The van der Waals surface area contributed by atoms with E-state index in [2.05, 4.69) is 11.0 Å². The third kappa shape index (κ3) is 2.72. The second-order valence-electron chi connectivity index (χ2n) is 6.25. The number of para-hydroxylation sites is 1. The Balaban J connectivity index is 1.73. The number of rotatable bonds is 3. The Morgan fingerprint density at radius 2 is 2.09 bits per heavy atom. The zero-order valence-corrected chi connectivity index (χ0v) is 13.8. The van der Waals surface area contributed by atoms with Crippen LogP contribution >= 0.6 is 0 Å². The number of carbonyl (C=O) groups is 1. The van der Waals surface area contributed by atoms with Crippen molar-refractivity contribution in [3.05, 3.63) is 29.8 Å². The van der Waals surface area contributed by atoms with Gasteiger partial charge in [-0.3, -0.25) is 4.79 Å². The summed E-state index contributed by atoms with van der Waals surface area (Å²) in [6.45, 7) is 2.74. The molecule has 5 nitrogen and oxygen atoms in total. The van der Waals surface area contributed by atoms with Gasteiger partial charge in [0.05, 0.1) is 11.5 Å². The summed E-state index contributed by atoms with van der Waals surface area (Å²) in [5, 5.41) is 0. The van der Waals surface area contributed by atoms with Gasteiger partial charge in [0.25, 0.3) is 0 Å². The van der Waals surface area contributed by atoms with Gasteiger partial charge in [0.2, 0.25) is 5.91 Å². The zero-order valence-electron chi connectivity index (χ0n) is 13.0. The van der Waals surface area contributed by atoms with Crippen LogP contribution in [0.5, 0.6) is 0 Å². The number of amides is 1. The average Bonchev–Trinajstić information content (AvgIpc) is 3.08. The van der Waals surface area contributed by atoms with Crippen LogP contribution < -0.4 is 4.90 Å². The maximum Gasteiger partial charge on any atom is 0.245 e. The number of anilines is 1. The van der Waals surface area contributed by atoms with Gasteiger partial charge in [0.15, 0.2) is 9.84 Å². The predicted octanol–water partition coefficient (Wildman–Crippen LogP) is 1.08. The summed E-state index contributed by atoms with van der Waals surface area (Å²) in [5.41, 5.74) is 2.39. The summed E-state index contributed by atoms with van der Waals surface area (Å²) in [7, 11) is -1.25. The molecule has 0 unspecified atom stereocenters. The van der Waals surface area contributed by atoms with Gasteiger partial charge in [0.1, 0.15) is 6.04 Å². The molecule has 0 N–H and O–H groups in total. The van der Waals surface area contributed by atoms with Crippen LogP contribution in [0.3, 0.4) is 0 Å². The van der Waals surface area contributed by atoms with Gasteiger partial charge < -0.3 is 9.80 Å². The van der Waals surface area contributed by atoms with Crippen molar-refractivity contribution < 1.29 is 13.2 Å². The maximum atomic E-state index is 12.7. The Labute approximate surface area is 131 Å². The highest BCUT2D eigenvalue weighted by Gasteiger charge is 2.36. The minimum Gasteiger partial charge on any atom is -0.359 e. The molecule has 2 heterocycles. The fraction of sp³-hybridized carbons (Fsp3) is 0.562. The number of fused-ring (bicyclic) bond motifs is 1. The molecule has 0 spiro atoms. The lowest BCUT2D eigenvalue weighted by atomic mass is 10.1. The minimum absolute atomic E-state index is 0.00111. The summed E-state index contributed by atoms with van der Waals surface area (Å²) in [6, 6.07) is 7.70. The van der Waals surface area contributed by atoms with E-state index in [1.807, 2.05) is 25.1 Å². The van der Waals surface area contributed by atoms with E-state index in [1.54, 1.807) is 11.9 Å². The lowest BCUT2D eigenvalue weighted by Crippen LogP contribution is -2.49. The molecule has 1 amide bonds. The Morgan fingerprint density at radius 3 is 2.77 bits per heavy atom. The van der Waals surface area contributed by atoms with Crippen molar-refractivity contribution in [1.29, 1.82) is 0 Å². The molecule has 22 heavy (non-hydrogen) atoms. The quantitative estimate of drug-likeness (QED) is 0.836. The van der Waals surface area contributed by atoms with Gasteiger partial charge in [-0.1, -0.05) is 18.2 Å². The molecule has 3 rings (SSSR count). The average molecular weight is 322 g/mol. The number of benzene rings is 1. The van der Waals surface area contributed by atoms with Crippen LogP contribution in [0.25, 0.3) is 0 Å². The third-order valence-corrected chi connectivity index (χ3v) is 6.60. The Bertz CT molecular complexity index is 686. The molecule has 2 atom stereocenters. The van der Waals surface area contributed by atoms with Crippen molar-refractivity contribution in [2.45, 2.75) is 31.8 Å². The zero-order chi connectivity index (χ0) is 15.9. The van der Waals surface area contributed by atoms with Gasteiger partial charge in [-0.15, -0.1) is 0 Å². The number of hydrogen-bond donors (Lipinski definition) is 0.